The van der Waals surface area contributed by atoms with Gasteiger partial charge in [-0.2, -0.15) is 0 Å². The Balaban J connectivity index is 1.86. The minimum Gasteiger partial charge on any atom is -0.331 e. The van der Waals surface area contributed by atoms with Crippen LogP contribution in [0.15, 0.2) is 0 Å². The second-order valence-corrected chi connectivity index (χ2v) is 5.70. The Bertz CT molecular complexity index is 408. The number of hydrogen-bond donors (Lipinski definition) is 0. The Labute approximate surface area is 104 Å². The molecular weight excluding hydrogens is 210 g/mol. The normalized spacial score (nSPS) is 24.5. The lowest BCUT2D eigenvalue weighted by atomic mass is 10.0. The standard InChI is InChI=1S/C14H23N3/c1-3-6-16-7-5-12-13(10-16)17-8-4-11(2)9-14(17)15-12/h11H,3-10H2,1-2H3. The van der Waals surface area contributed by atoms with Crippen LogP contribution in [0.2, 0.25) is 0 Å². The van der Waals surface area contributed by atoms with E-state index >= 15 is 0 Å². The number of fused-ring (bicyclic) bond motifs is 3. The summed E-state index contributed by atoms with van der Waals surface area (Å²) in [6, 6.07) is 0. The highest BCUT2D eigenvalue weighted by atomic mass is 15.2. The lowest BCUT2D eigenvalue weighted by molar-refractivity contribution is 0.243. The second-order valence-electron chi connectivity index (χ2n) is 5.70. The molecule has 0 N–H and O–H groups in total. The van der Waals surface area contributed by atoms with Gasteiger partial charge in [0.25, 0.3) is 0 Å². The van der Waals surface area contributed by atoms with Gasteiger partial charge < -0.3 is 4.57 Å². The smallest absolute Gasteiger partial charge is 0.109 e. The van der Waals surface area contributed by atoms with E-state index in [1.165, 1.54) is 56.1 Å². The van der Waals surface area contributed by atoms with E-state index in [0.29, 0.717) is 0 Å². The number of hydrogen-bond acceptors (Lipinski definition) is 2. The SMILES string of the molecule is CCCN1CCc2nc3n(c2C1)CCC(C)C3. The molecule has 1 aromatic rings. The highest BCUT2D eigenvalue weighted by Gasteiger charge is 2.26. The predicted molar refractivity (Wildman–Crippen MR) is 69.0 cm³/mol. The number of rotatable bonds is 2. The molecule has 17 heavy (non-hydrogen) atoms. The van der Waals surface area contributed by atoms with Crippen molar-refractivity contribution in [3.8, 4) is 0 Å². The number of imidazole rings is 1. The zero-order valence-electron chi connectivity index (χ0n) is 11.1. The molecule has 0 amide bonds. The maximum atomic E-state index is 4.87. The Hall–Kier alpha value is -0.830. The molecule has 1 unspecified atom stereocenters. The molecule has 0 saturated heterocycles. The van der Waals surface area contributed by atoms with E-state index in [2.05, 4.69) is 23.3 Å². The summed E-state index contributed by atoms with van der Waals surface area (Å²) < 4.78 is 2.51. The Morgan fingerprint density at radius 2 is 2.24 bits per heavy atom. The first-order valence-electron chi connectivity index (χ1n) is 7.07. The molecule has 2 aliphatic heterocycles. The van der Waals surface area contributed by atoms with Crippen molar-refractivity contribution in [2.75, 3.05) is 13.1 Å². The summed E-state index contributed by atoms with van der Waals surface area (Å²) >= 11 is 0. The minimum atomic E-state index is 0.818. The molecule has 1 aromatic heterocycles. The third-order valence-corrected chi connectivity index (χ3v) is 4.19. The minimum absolute atomic E-state index is 0.818. The summed E-state index contributed by atoms with van der Waals surface area (Å²) in [4.78, 5) is 7.45. The summed E-state index contributed by atoms with van der Waals surface area (Å²) in [5.41, 5.74) is 2.91. The third kappa shape index (κ3) is 2.01. The van der Waals surface area contributed by atoms with Gasteiger partial charge >= 0.3 is 0 Å². The molecule has 0 aliphatic carbocycles. The fourth-order valence-electron chi connectivity index (χ4n) is 3.21. The third-order valence-electron chi connectivity index (χ3n) is 4.19. The zero-order valence-corrected chi connectivity index (χ0v) is 11.1. The van der Waals surface area contributed by atoms with Crippen molar-refractivity contribution in [3.63, 3.8) is 0 Å². The van der Waals surface area contributed by atoms with Crippen LogP contribution in [0.3, 0.4) is 0 Å². The Morgan fingerprint density at radius 3 is 3.06 bits per heavy atom. The zero-order chi connectivity index (χ0) is 11.8. The summed E-state index contributed by atoms with van der Waals surface area (Å²) in [5, 5.41) is 0. The molecule has 0 fully saturated rings. The molecule has 94 valence electrons. The first-order chi connectivity index (χ1) is 8.28. The van der Waals surface area contributed by atoms with Gasteiger partial charge in [-0.25, -0.2) is 4.98 Å². The fourth-order valence-corrected chi connectivity index (χ4v) is 3.21. The average Bonchev–Trinajstić information content (AvgIpc) is 2.66. The molecule has 0 bridgehead atoms. The van der Waals surface area contributed by atoms with Gasteiger partial charge in [0.15, 0.2) is 0 Å². The molecule has 0 spiro atoms. The number of nitrogens with zero attached hydrogens (tertiary/aromatic N) is 3. The van der Waals surface area contributed by atoms with Gasteiger partial charge in [0.2, 0.25) is 0 Å². The van der Waals surface area contributed by atoms with Crippen LogP contribution in [0, 0.1) is 5.92 Å². The van der Waals surface area contributed by atoms with Crippen molar-refractivity contribution in [3.05, 3.63) is 17.2 Å². The van der Waals surface area contributed by atoms with Gasteiger partial charge in [-0.3, -0.25) is 4.90 Å². The van der Waals surface area contributed by atoms with Crippen LogP contribution < -0.4 is 0 Å². The van der Waals surface area contributed by atoms with Gasteiger partial charge in [0, 0.05) is 32.5 Å². The predicted octanol–water partition coefficient (Wildman–Crippen LogP) is 2.23. The van der Waals surface area contributed by atoms with Crippen LogP contribution in [0.4, 0.5) is 0 Å². The van der Waals surface area contributed by atoms with Gasteiger partial charge in [-0.05, 0) is 25.3 Å². The lowest BCUT2D eigenvalue weighted by Gasteiger charge is -2.28. The van der Waals surface area contributed by atoms with Crippen LogP contribution in [-0.2, 0) is 25.9 Å². The maximum Gasteiger partial charge on any atom is 0.109 e. The molecule has 0 aromatic carbocycles. The van der Waals surface area contributed by atoms with Gasteiger partial charge in [0.1, 0.15) is 5.82 Å². The van der Waals surface area contributed by atoms with Gasteiger partial charge in [-0.15, -0.1) is 0 Å². The summed E-state index contributed by atoms with van der Waals surface area (Å²) in [6.07, 6.45) is 4.92. The first kappa shape index (κ1) is 11.3. The van der Waals surface area contributed by atoms with Crippen molar-refractivity contribution in [1.82, 2.24) is 14.5 Å². The van der Waals surface area contributed by atoms with Crippen LogP contribution >= 0.6 is 0 Å². The largest absolute Gasteiger partial charge is 0.331 e. The molecule has 3 heteroatoms. The van der Waals surface area contributed by atoms with E-state index < -0.39 is 0 Å². The van der Waals surface area contributed by atoms with Gasteiger partial charge in [0.05, 0.1) is 11.4 Å². The van der Waals surface area contributed by atoms with E-state index in [1.807, 2.05) is 0 Å². The molecule has 3 nitrogen and oxygen atoms in total. The van der Waals surface area contributed by atoms with E-state index in [4.69, 9.17) is 4.98 Å². The fraction of sp³-hybridized carbons (Fsp3) is 0.786. The molecule has 0 saturated carbocycles. The van der Waals surface area contributed by atoms with Crippen LogP contribution in [0.5, 0.6) is 0 Å². The average molecular weight is 233 g/mol. The number of aromatic nitrogens is 2. The molecule has 3 heterocycles. The Kier molecular flexibility index (Phi) is 2.95. The van der Waals surface area contributed by atoms with Crippen molar-refractivity contribution in [2.24, 2.45) is 5.92 Å². The van der Waals surface area contributed by atoms with Crippen molar-refractivity contribution >= 4 is 0 Å². The highest BCUT2D eigenvalue weighted by Crippen LogP contribution is 2.26. The van der Waals surface area contributed by atoms with Crippen LogP contribution in [-0.4, -0.2) is 27.5 Å². The summed E-state index contributed by atoms with van der Waals surface area (Å²) in [5.74, 6) is 2.17. The maximum absolute atomic E-state index is 4.87. The van der Waals surface area contributed by atoms with Crippen LogP contribution in [0.25, 0.3) is 0 Å². The molecule has 1 atom stereocenters. The van der Waals surface area contributed by atoms with E-state index in [-0.39, 0.29) is 0 Å². The second kappa shape index (κ2) is 4.45. The van der Waals surface area contributed by atoms with Crippen molar-refractivity contribution < 1.29 is 0 Å². The van der Waals surface area contributed by atoms with Crippen molar-refractivity contribution in [1.29, 1.82) is 0 Å². The lowest BCUT2D eigenvalue weighted by Crippen LogP contribution is -2.32. The molecule has 0 radical (unpaired) electrons. The quantitative estimate of drug-likeness (QED) is 0.781. The molecular formula is C14H23N3. The first-order valence-corrected chi connectivity index (χ1v) is 7.07. The topological polar surface area (TPSA) is 21.1 Å². The molecule has 2 aliphatic rings. The van der Waals surface area contributed by atoms with E-state index in [1.54, 1.807) is 0 Å². The van der Waals surface area contributed by atoms with E-state index in [0.717, 1.165) is 18.9 Å². The van der Waals surface area contributed by atoms with Gasteiger partial charge in [-0.1, -0.05) is 13.8 Å². The van der Waals surface area contributed by atoms with Crippen LogP contribution in [0.1, 0.15) is 43.9 Å². The summed E-state index contributed by atoms with van der Waals surface area (Å²) in [6.45, 7) is 9.37. The van der Waals surface area contributed by atoms with Crippen molar-refractivity contribution in [2.45, 2.75) is 52.6 Å². The Morgan fingerprint density at radius 1 is 1.35 bits per heavy atom. The summed E-state index contributed by atoms with van der Waals surface area (Å²) in [7, 11) is 0. The van der Waals surface area contributed by atoms with E-state index in [9.17, 15) is 0 Å². The molecule has 3 rings (SSSR count). The monoisotopic (exact) mass is 233 g/mol. The highest BCUT2D eigenvalue weighted by molar-refractivity contribution is 5.21.